The maximum absolute atomic E-state index is 12.8. The molecular weight excluding hydrogens is 484 g/mol. The Morgan fingerprint density at radius 3 is 2.42 bits per heavy atom. The number of carbonyl (C=O) groups is 2. The summed E-state index contributed by atoms with van der Waals surface area (Å²) in [6, 6.07) is 13.6. The summed E-state index contributed by atoms with van der Waals surface area (Å²) in [5, 5.41) is 0. The minimum Gasteiger partial charge on any atom is -0.497 e. The summed E-state index contributed by atoms with van der Waals surface area (Å²) < 4.78 is 22.7. The predicted octanol–water partition coefficient (Wildman–Crippen LogP) is 5.46. The molecule has 2 unspecified atom stereocenters. The lowest BCUT2D eigenvalue weighted by Gasteiger charge is -2.27. The summed E-state index contributed by atoms with van der Waals surface area (Å²) in [6.07, 6.45) is 2.99. The fourth-order valence-corrected chi connectivity index (χ4v) is 4.53. The molecule has 0 bridgehead atoms. The number of benzene rings is 2. The summed E-state index contributed by atoms with van der Waals surface area (Å²) in [4.78, 5) is 28.9. The van der Waals surface area contributed by atoms with Crippen molar-refractivity contribution in [1.29, 1.82) is 0 Å². The van der Waals surface area contributed by atoms with Crippen molar-refractivity contribution in [2.24, 2.45) is 0 Å². The van der Waals surface area contributed by atoms with Crippen molar-refractivity contribution in [3.05, 3.63) is 53.6 Å². The number of nitrogens with zero attached hydrogens (tertiary/aromatic N) is 2. The smallest absolute Gasteiger partial charge is 0.350 e. The van der Waals surface area contributed by atoms with Gasteiger partial charge in [0, 0.05) is 26.6 Å². The molecule has 1 fully saturated rings. The number of urea groups is 1. The molecule has 1 saturated heterocycles. The van der Waals surface area contributed by atoms with E-state index in [1.807, 2.05) is 61.3 Å². The molecule has 2 aromatic rings. The molecule has 8 nitrogen and oxygen atoms in total. The highest BCUT2D eigenvalue weighted by molar-refractivity contribution is 5.79. The zero-order chi connectivity index (χ0) is 27.7. The first-order valence-corrected chi connectivity index (χ1v) is 13.5. The second kappa shape index (κ2) is 13.4. The van der Waals surface area contributed by atoms with E-state index >= 15 is 0 Å². The molecular formula is C30H42N2O6. The van der Waals surface area contributed by atoms with Crippen molar-refractivity contribution in [2.45, 2.75) is 71.6 Å². The molecule has 0 radical (unpaired) electrons. The van der Waals surface area contributed by atoms with Gasteiger partial charge in [0.1, 0.15) is 17.2 Å². The Kier molecular flexibility index (Phi) is 10.3. The van der Waals surface area contributed by atoms with Crippen molar-refractivity contribution in [2.75, 3.05) is 33.9 Å². The molecule has 1 aliphatic rings. The Morgan fingerprint density at radius 1 is 1.08 bits per heavy atom. The van der Waals surface area contributed by atoms with Crippen LogP contribution in [0.1, 0.15) is 58.1 Å². The summed E-state index contributed by atoms with van der Waals surface area (Å²) in [5.41, 5.74) is 1.06. The van der Waals surface area contributed by atoms with Crippen molar-refractivity contribution in [1.82, 2.24) is 9.80 Å². The molecule has 8 heteroatoms. The maximum Gasteiger partial charge on any atom is 0.350 e. The van der Waals surface area contributed by atoms with Gasteiger partial charge in [0.05, 0.1) is 26.4 Å². The minimum absolute atomic E-state index is 0.0274. The van der Waals surface area contributed by atoms with Gasteiger partial charge in [-0.15, -0.1) is 0 Å². The third-order valence-electron chi connectivity index (χ3n) is 7.07. The average molecular weight is 527 g/mol. The van der Waals surface area contributed by atoms with Crippen LogP contribution >= 0.6 is 0 Å². The van der Waals surface area contributed by atoms with E-state index in [1.54, 1.807) is 25.9 Å². The number of aryl methyl sites for hydroxylation is 1. The summed E-state index contributed by atoms with van der Waals surface area (Å²) in [6.45, 7) is 9.59. The third-order valence-corrected chi connectivity index (χ3v) is 7.07. The quantitative estimate of drug-likeness (QED) is 0.304. The van der Waals surface area contributed by atoms with Crippen LogP contribution in [0.2, 0.25) is 0 Å². The minimum atomic E-state index is -1.04. The largest absolute Gasteiger partial charge is 0.497 e. The van der Waals surface area contributed by atoms with Gasteiger partial charge in [-0.3, -0.25) is 0 Å². The predicted molar refractivity (Wildman–Crippen MR) is 147 cm³/mol. The van der Waals surface area contributed by atoms with Gasteiger partial charge < -0.3 is 28.7 Å². The number of ether oxygens (including phenoxy) is 4. The molecule has 38 heavy (non-hydrogen) atoms. The number of methoxy groups -OCH3 is 1. The summed E-state index contributed by atoms with van der Waals surface area (Å²) >= 11 is 0. The standard InChI is InChI=1S/C30H42N2O6/c1-7-10-23-19-26(38-30(4,8-2)28(33)36-9-3)15-16-27(23)37-18-17-24-21-32(29(34)31(24)5)20-22-11-13-25(35-6)14-12-22/h11-16,19,24H,7-10,17-18,20-21H2,1-6H3. The Labute approximate surface area is 226 Å². The van der Waals surface area contributed by atoms with Crippen LogP contribution in [0, 0.1) is 0 Å². The normalized spacial score (nSPS) is 16.8. The van der Waals surface area contributed by atoms with Crippen LogP contribution in [0.3, 0.4) is 0 Å². The van der Waals surface area contributed by atoms with E-state index in [9.17, 15) is 9.59 Å². The molecule has 3 rings (SSSR count). The molecule has 0 aromatic heterocycles. The van der Waals surface area contributed by atoms with Gasteiger partial charge in [0.25, 0.3) is 0 Å². The van der Waals surface area contributed by atoms with Gasteiger partial charge in [0.2, 0.25) is 5.60 Å². The number of carbonyl (C=O) groups excluding carboxylic acids is 2. The lowest BCUT2D eigenvalue weighted by Crippen LogP contribution is -2.42. The number of likely N-dealkylation sites (N-methyl/N-ethyl adjacent to an activating group) is 1. The number of hydrogen-bond donors (Lipinski definition) is 0. The second-order valence-electron chi connectivity index (χ2n) is 9.84. The highest BCUT2D eigenvalue weighted by Crippen LogP contribution is 2.30. The van der Waals surface area contributed by atoms with Crippen molar-refractivity contribution in [3.8, 4) is 17.2 Å². The zero-order valence-electron chi connectivity index (χ0n) is 23.6. The Bertz CT molecular complexity index is 1070. The molecule has 1 heterocycles. The fourth-order valence-electron chi connectivity index (χ4n) is 4.53. The van der Waals surface area contributed by atoms with Gasteiger partial charge in [-0.05, 0) is 68.1 Å². The Morgan fingerprint density at radius 2 is 1.79 bits per heavy atom. The van der Waals surface area contributed by atoms with E-state index in [1.165, 1.54) is 0 Å². The van der Waals surface area contributed by atoms with Crippen LogP contribution in [-0.2, 0) is 22.5 Å². The van der Waals surface area contributed by atoms with E-state index in [2.05, 4.69) is 6.92 Å². The highest BCUT2D eigenvalue weighted by Gasteiger charge is 2.36. The topological polar surface area (TPSA) is 77.5 Å². The lowest BCUT2D eigenvalue weighted by atomic mass is 10.0. The highest BCUT2D eigenvalue weighted by atomic mass is 16.6. The van der Waals surface area contributed by atoms with Gasteiger partial charge >= 0.3 is 12.0 Å². The molecule has 2 amide bonds. The SMILES string of the molecule is CCCc1cc(OC(C)(CC)C(=O)OCC)ccc1OCCC1CN(Cc2ccc(OC)cc2)C(=O)N1C. The van der Waals surface area contributed by atoms with E-state index in [0.29, 0.717) is 38.5 Å². The molecule has 2 atom stereocenters. The molecule has 0 N–H and O–H groups in total. The first-order chi connectivity index (χ1) is 18.2. The Hall–Kier alpha value is -3.42. The van der Waals surface area contributed by atoms with E-state index < -0.39 is 5.60 Å². The number of hydrogen-bond acceptors (Lipinski definition) is 6. The third kappa shape index (κ3) is 7.11. The van der Waals surface area contributed by atoms with Gasteiger partial charge in [0.15, 0.2) is 0 Å². The summed E-state index contributed by atoms with van der Waals surface area (Å²) in [5.74, 6) is 1.86. The first-order valence-electron chi connectivity index (χ1n) is 13.5. The van der Waals surface area contributed by atoms with Gasteiger partial charge in [-0.2, -0.15) is 0 Å². The van der Waals surface area contributed by atoms with Crippen molar-refractivity contribution < 1.29 is 28.5 Å². The van der Waals surface area contributed by atoms with Crippen molar-refractivity contribution >= 4 is 12.0 Å². The number of amides is 2. The van der Waals surface area contributed by atoms with Gasteiger partial charge in [-0.1, -0.05) is 32.4 Å². The maximum atomic E-state index is 12.8. The monoisotopic (exact) mass is 526 g/mol. The lowest BCUT2D eigenvalue weighted by molar-refractivity contribution is -0.160. The van der Waals surface area contributed by atoms with E-state index in [4.69, 9.17) is 18.9 Å². The zero-order valence-corrected chi connectivity index (χ0v) is 23.6. The van der Waals surface area contributed by atoms with Crippen LogP contribution in [-0.4, -0.2) is 67.4 Å². The fraction of sp³-hybridized carbons (Fsp3) is 0.533. The van der Waals surface area contributed by atoms with Crippen molar-refractivity contribution in [3.63, 3.8) is 0 Å². The van der Waals surface area contributed by atoms with Gasteiger partial charge in [-0.25, -0.2) is 9.59 Å². The van der Waals surface area contributed by atoms with Crippen LogP contribution in [0.5, 0.6) is 17.2 Å². The van der Waals surface area contributed by atoms with Crippen LogP contribution < -0.4 is 14.2 Å². The van der Waals surface area contributed by atoms with E-state index in [-0.39, 0.29) is 18.0 Å². The Balaban J connectivity index is 1.60. The molecule has 1 aliphatic heterocycles. The molecule has 0 saturated carbocycles. The molecule has 2 aromatic carbocycles. The van der Waals surface area contributed by atoms with Crippen LogP contribution in [0.15, 0.2) is 42.5 Å². The molecule has 0 aliphatic carbocycles. The summed E-state index contributed by atoms with van der Waals surface area (Å²) in [7, 11) is 3.49. The average Bonchev–Trinajstić information content (AvgIpc) is 3.18. The second-order valence-corrected chi connectivity index (χ2v) is 9.84. The van der Waals surface area contributed by atoms with Crippen LogP contribution in [0.25, 0.3) is 0 Å². The number of esters is 1. The van der Waals surface area contributed by atoms with Crippen LogP contribution in [0.4, 0.5) is 4.79 Å². The molecule has 208 valence electrons. The molecule has 0 spiro atoms. The first kappa shape index (κ1) is 29.1. The van der Waals surface area contributed by atoms with E-state index in [0.717, 1.165) is 41.9 Å². The number of rotatable bonds is 14.